The maximum atomic E-state index is 12.8. The van der Waals surface area contributed by atoms with Gasteiger partial charge in [-0.1, -0.05) is 95.5 Å². The number of hydrogen-bond donors (Lipinski definition) is 1. The van der Waals surface area contributed by atoms with Crippen molar-refractivity contribution in [3.8, 4) is 0 Å². The van der Waals surface area contributed by atoms with Gasteiger partial charge in [-0.25, -0.2) is 0 Å². The summed E-state index contributed by atoms with van der Waals surface area (Å²) in [6, 6.07) is 18.1. The van der Waals surface area contributed by atoms with E-state index in [1.807, 2.05) is 30.3 Å². The number of alkyl halides is 3. The van der Waals surface area contributed by atoms with Gasteiger partial charge in [-0.15, -0.1) is 0 Å². The van der Waals surface area contributed by atoms with Gasteiger partial charge in [-0.05, 0) is 18.1 Å². The van der Waals surface area contributed by atoms with Crippen molar-refractivity contribution in [2.24, 2.45) is 0 Å². The molecule has 11 heteroatoms. The van der Waals surface area contributed by atoms with Crippen LogP contribution in [-0.2, 0) is 40.9 Å². The lowest BCUT2D eigenvalue weighted by molar-refractivity contribution is -0.226. The molecule has 1 fully saturated rings. The Balaban J connectivity index is 1.75. The minimum absolute atomic E-state index is 0.0613. The van der Waals surface area contributed by atoms with Crippen LogP contribution < -0.4 is 0 Å². The molecule has 2 aromatic rings. The Kier molecular flexibility index (Phi) is 9.02. The SMILES string of the molecule is C[C@H]1OC(OC(=N)C(Cl)(Cl)Cl)C[C@@H](OCc2ccccc2)[C@H]1OS(=O)(=O)Cc1ccccc1. The molecule has 4 atom stereocenters. The third kappa shape index (κ3) is 8.10. The first-order chi connectivity index (χ1) is 15.5. The lowest BCUT2D eigenvalue weighted by atomic mass is 10.0. The fourth-order valence-corrected chi connectivity index (χ4v) is 4.76. The highest BCUT2D eigenvalue weighted by Gasteiger charge is 2.43. The summed E-state index contributed by atoms with van der Waals surface area (Å²) in [5, 5.41) is 7.80. The lowest BCUT2D eigenvalue weighted by Crippen LogP contribution is -2.51. The molecule has 1 aliphatic heterocycles. The van der Waals surface area contributed by atoms with Crippen LogP contribution in [-0.4, -0.2) is 42.7 Å². The minimum Gasteiger partial charge on any atom is -0.448 e. The Bertz CT molecular complexity index is 1020. The molecule has 180 valence electrons. The van der Waals surface area contributed by atoms with Crippen molar-refractivity contribution in [1.82, 2.24) is 0 Å². The van der Waals surface area contributed by atoms with E-state index in [1.54, 1.807) is 37.3 Å². The molecule has 0 radical (unpaired) electrons. The molecule has 1 heterocycles. The van der Waals surface area contributed by atoms with Crippen LogP contribution in [0.1, 0.15) is 24.5 Å². The summed E-state index contributed by atoms with van der Waals surface area (Å²) in [5.41, 5.74) is 1.50. The van der Waals surface area contributed by atoms with E-state index in [-0.39, 0.29) is 18.8 Å². The highest BCUT2D eigenvalue weighted by atomic mass is 35.6. The first kappa shape index (κ1) is 26.2. The van der Waals surface area contributed by atoms with E-state index in [1.165, 1.54) is 0 Å². The van der Waals surface area contributed by atoms with Crippen molar-refractivity contribution in [2.75, 3.05) is 0 Å². The number of rotatable bonds is 8. The summed E-state index contributed by atoms with van der Waals surface area (Å²) in [6.45, 7) is 1.85. The Morgan fingerprint density at radius 3 is 2.21 bits per heavy atom. The summed E-state index contributed by atoms with van der Waals surface area (Å²) in [6.07, 6.45) is -3.35. The molecule has 1 saturated heterocycles. The largest absolute Gasteiger partial charge is 0.448 e. The zero-order chi connectivity index (χ0) is 24.1. The Morgan fingerprint density at radius 1 is 1.06 bits per heavy atom. The molecule has 1 aliphatic rings. The van der Waals surface area contributed by atoms with E-state index < -0.39 is 44.4 Å². The molecule has 1 N–H and O–H groups in total. The van der Waals surface area contributed by atoms with Gasteiger partial charge in [-0.3, -0.25) is 9.59 Å². The molecular formula is C22H24Cl3NO6S. The number of benzene rings is 2. The monoisotopic (exact) mass is 535 g/mol. The second kappa shape index (κ2) is 11.4. The fraction of sp³-hybridized carbons (Fsp3) is 0.409. The third-order valence-electron chi connectivity index (χ3n) is 4.88. The van der Waals surface area contributed by atoms with Crippen molar-refractivity contribution < 1.29 is 26.8 Å². The topological polar surface area (TPSA) is 94.9 Å². The summed E-state index contributed by atoms with van der Waals surface area (Å²) < 4.78 is 46.2. The lowest BCUT2D eigenvalue weighted by Gasteiger charge is -2.39. The van der Waals surface area contributed by atoms with Crippen molar-refractivity contribution in [3.05, 3.63) is 71.8 Å². The second-order valence-electron chi connectivity index (χ2n) is 7.53. The molecule has 7 nitrogen and oxygen atoms in total. The average Bonchev–Trinajstić information content (AvgIpc) is 2.75. The van der Waals surface area contributed by atoms with Crippen LogP contribution in [0.4, 0.5) is 0 Å². The zero-order valence-electron chi connectivity index (χ0n) is 17.7. The van der Waals surface area contributed by atoms with Crippen LogP contribution >= 0.6 is 34.8 Å². The zero-order valence-corrected chi connectivity index (χ0v) is 20.8. The molecule has 2 aromatic carbocycles. The fourth-order valence-electron chi connectivity index (χ4n) is 3.33. The van der Waals surface area contributed by atoms with Gasteiger partial charge in [0.15, 0.2) is 0 Å². The molecule has 3 rings (SSSR count). The van der Waals surface area contributed by atoms with Crippen LogP contribution in [0, 0.1) is 5.41 Å². The molecule has 0 bridgehead atoms. The first-order valence-electron chi connectivity index (χ1n) is 10.1. The molecule has 0 aliphatic carbocycles. The van der Waals surface area contributed by atoms with Crippen LogP contribution in [0.15, 0.2) is 60.7 Å². The van der Waals surface area contributed by atoms with Gasteiger partial charge in [0.2, 0.25) is 12.2 Å². The summed E-state index contributed by atoms with van der Waals surface area (Å²) >= 11 is 17.1. The smallest absolute Gasteiger partial charge is 0.271 e. The molecular weight excluding hydrogens is 513 g/mol. The summed E-state index contributed by atoms with van der Waals surface area (Å²) in [5.74, 6) is -0.900. The van der Waals surface area contributed by atoms with Crippen LogP contribution in [0.25, 0.3) is 0 Å². The minimum atomic E-state index is -3.95. The van der Waals surface area contributed by atoms with E-state index in [0.29, 0.717) is 5.56 Å². The predicted molar refractivity (Wildman–Crippen MR) is 127 cm³/mol. The van der Waals surface area contributed by atoms with Crippen molar-refractivity contribution >= 4 is 50.8 Å². The second-order valence-corrected chi connectivity index (χ2v) is 11.4. The van der Waals surface area contributed by atoms with E-state index >= 15 is 0 Å². The van der Waals surface area contributed by atoms with Gasteiger partial charge in [0.05, 0.1) is 18.8 Å². The third-order valence-corrected chi connectivity index (χ3v) is 6.60. The summed E-state index contributed by atoms with van der Waals surface area (Å²) in [7, 11) is -3.95. The quantitative estimate of drug-likeness (QED) is 0.221. The van der Waals surface area contributed by atoms with Crippen LogP contribution in [0.5, 0.6) is 0 Å². The Labute approximate surface area is 208 Å². The molecule has 0 spiro atoms. The first-order valence-corrected chi connectivity index (χ1v) is 12.8. The Morgan fingerprint density at radius 2 is 1.64 bits per heavy atom. The Hall–Kier alpha value is -1.39. The number of ether oxygens (including phenoxy) is 3. The van der Waals surface area contributed by atoms with Gasteiger partial charge < -0.3 is 14.2 Å². The number of nitrogens with one attached hydrogen (secondary N) is 1. The van der Waals surface area contributed by atoms with E-state index in [9.17, 15) is 8.42 Å². The summed E-state index contributed by atoms with van der Waals surface area (Å²) in [4.78, 5) is 0. The molecule has 0 aromatic heterocycles. The highest BCUT2D eigenvalue weighted by Crippen LogP contribution is 2.32. The van der Waals surface area contributed by atoms with Crippen LogP contribution in [0.2, 0.25) is 0 Å². The van der Waals surface area contributed by atoms with E-state index in [2.05, 4.69) is 0 Å². The van der Waals surface area contributed by atoms with Gasteiger partial charge >= 0.3 is 0 Å². The van der Waals surface area contributed by atoms with E-state index in [0.717, 1.165) is 5.56 Å². The standard InChI is InChI=1S/C22H24Cl3NO6S/c1-15-20(32-33(27,28)14-17-10-6-3-7-11-17)18(29-13-16-8-4-2-5-9-16)12-19(30-15)31-21(26)22(23,24)25/h2-11,15,18-20,26H,12-14H2,1H3/t15-,18-,19?,20+/m1/s1. The van der Waals surface area contributed by atoms with E-state index in [4.69, 9.17) is 58.6 Å². The van der Waals surface area contributed by atoms with Gasteiger partial charge in [0, 0.05) is 6.42 Å². The van der Waals surface area contributed by atoms with Crippen LogP contribution in [0.3, 0.4) is 0 Å². The van der Waals surface area contributed by atoms with Gasteiger partial charge in [-0.2, -0.15) is 8.42 Å². The van der Waals surface area contributed by atoms with Gasteiger partial charge in [0.25, 0.3) is 13.9 Å². The normalized spacial score (nSPS) is 23.8. The number of halogens is 3. The highest BCUT2D eigenvalue weighted by molar-refractivity contribution is 7.85. The average molecular weight is 537 g/mol. The molecule has 0 saturated carbocycles. The molecule has 0 amide bonds. The maximum Gasteiger partial charge on any atom is 0.271 e. The van der Waals surface area contributed by atoms with Gasteiger partial charge in [0.1, 0.15) is 11.9 Å². The number of hydrogen-bond acceptors (Lipinski definition) is 7. The molecule has 1 unspecified atom stereocenters. The van der Waals surface area contributed by atoms with Crippen molar-refractivity contribution in [3.63, 3.8) is 0 Å². The predicted octanol–water partition coefficient (Wildman–Crippen LogP) is 4.99. The maximum absolute atomic E-state index is 12.8. The van der Waals surface area contributed by atoms with Crippen molar-refractivity contribution in [1.29, 1.82) is 5.41 Å². The van der Waals surface area contributed by atoms with Crippen molar-refractivity contribution in [2.45, 2.75) is 54.1 Å². The molecule has 33 heavy (non-hydrogen) atoms.